The maximum Gasteiger partial charge on any atom is 0.223 e. The van der Waals surface area contributed by atoms with Gasteiger partial charge in [0.25, 0.3) is 0 Å². The van der Waals surface area contributed by atoms with E-state index in [4.69, 9.17) is 4.74 Å². The van der Waals surface area contributed by atoms with Gasteiger partial charge in [0.15, 0.2) is 0 Å². The first-order chi connectivity index (χ1) is 17.5. The minimum absolute atomic E-state index is 0.00241. The fraction of sp³-hybridized carbons (Fsp3) is 0.633. The van der Waals surface area contributed by atoms with Crippen molar-refractivity contribution in [2.45, 2.75) is 103 Å². The van der Waals surface area contributed by atoms with Crippen LogP contribution in [0.15, 0.2) is 43.1 Å². The third-order valence-corrected chi connectivity index (χ3v) is 8.23. The number of ketones is 1. The molecule has 7 heteroatoms. The second kappa shape index (κ2) is 12.5. The minimum atomic E-state index is -1.20. The molecule has 2 aliphatic rings. The first-order valence-corrected chi connectivity index (χ1v) is 13.6. The average molecular weight is 513 g/mol. The smallest absolute Gasteiger partial charge is 0.223 e. The van der Waals surface area contributed by atoms with Crippen LogP contribution < -0.4 is 5.32 Å². The molecule has 1 aromatic rings. The van der Waals surface area contributed by atoms with E-state index in [1.165, 1.54) is 0 Å². The molecule has 2 aliphatic heterocycles. The molecule has 3 heterocycles. The molecule has 7 atom stereocenters. The molecule has 3 N–H and O–H groups in total. The number of carbonyl (C=O) groups is 2. The second-order valence-electron chi connectivity index (χ2n) is 11.6. The molecular formula is C30H44N2O5. The quantitative estimate of drug-likeness (QED) is 0.402. The number of epoxide rings is 1. The van der Waals surface area contributed by atoms with Crippen molar-refractivity contribution in [3.8, 4) is 0 Å². The van der Waals surface area contributed by atoms with Crippen LogP contribution in [0.5, 0.6) is 0 Å². The van der Waals surface area contributed by atoms with Gasteiger partial charge < -0.3 is 20.3 Å². The van der Waals surface area contributed by atoms with E-state index >= 15 is 0 Å². The van der Waals surface area contributed by atoms with Gasteiger partial charge in [-0.05, 0) is 56.7 Å². The molecule has 0 saturated carbocycles. The molecule has 0 aliphatic carbocycles. The molecular weight excluding hydrogens is 468 g/mol. The molecule has 0 bridgehead atoms. The Balaban J connectivity index is 1.84. The van der Waals surface area contributed by atoms with E-state index in [0.717, 1.165) is 25.0 Å². The van der Waals surface area contributed by atoms with Gasteiger partial charge in [0, 0.05) is 18.5 Å². The maximum atomic E-state index is 13.6. The molecule has 37 heavy (non-hydrogen) atoms. The third-order valence-electron chi connectivity index (χ3n) is 8.23. The zero-order valence-corrected chi connectivity index (χ0v) is 22.7. The molecule has 3 rings (SSSR count). The summed E-state index contributed by atoms with van der Waals surface area (Å²) in [5, 5.41) is 25.2. The number of allylic oxidation sites excluding steroid dienone is 1. The number of fused-ring (bicyclic) bond motifs is 1. The molecule has 1 amide bonds. The van der Waals surface area contributed by atoms with Gasteiger partial charge >= 0.3 is 0 Å². The van der Waals surface area contributed by atoms with Crippen LogP contribution >= 0.6 is 0 Å². The fourth-order valence-corrected chi connectivity index (χ4v) is 5.35. The van der Waals surface area contributed by atoms with Crippen molar-refractivity contribution in [3.63, 3.8) is 0 Å². The van der Waals surface area contributed by atoms with Gasteiger partial charge in [-0.25, -0.2) is 0 Å². The van der Waals surface area contributed by atoms with E-state index in [0.29, 0.717) is 19.3 Å². The molecule has 7 nitrogen and oxygen atoms in total. The number of amides is 1. The van der Waals surface area contributed by atoms with Gasteiger partial charge in [0.05, 0.1) is 47.5 Å². The standard InChI is InChI=1S/C30H44N2O5/c1-6-7-13-23-27(35)20(2)11-10-16-30(5)25(37-30)18-22(15-14-21-12-8-9-17-31-21)32-26(34)19-24(33)29(3,4)28(23)36/h6,8-9,12,14-15,17,20,22-25,27,33,35H,1,7,10-11,13,16,18-19H2,2-5H3,(H,32,34). The van der Waals surface area contributed by atoms with Crippen LogP contribution in [0.25, 0.3) is 6.08 Å². The van der Waals surface area contributed by atoms with Crippen molar-refractivity contribution in [1.82, 2.24) is 10.3 Å². The number of hydrogen-bond donors (Lipinski definition) is 3. The summed E-state index contributed by atoms with van der Waals surface area (Å²) in [6.07, 6.45) is 9.14. The largest absolute Gasteiger partial charge is 0.392 e. The summed E-state index contributed by atoms with van der Waals surface area (Å²) in [5.74, 6) is -1.28. The third kappa shape index (κ3) is 7.59. The Hall–Kier alpha value is -2.35. The van der Waals surface area contributed by atoms with Crippen LogP contribution in [0.1, 0.15) is 78.3 Å². The Morgan fingerprint density at radius 1 is 1.24 bits per heavy atom. The highest BCUT2D eigenvalue weighted by atomic mass is 16.6. The van der Waals surface area contributed by atoms with Gasteiger partial charge in [-0.2, -0.15) is 0 Å². The number of rotatable bonds is 5. The summed E-state index contributed by atoms with van der Waals surface area (Å²) in [7, 11) is 0. The van der Waals surface area contributed by atoms with Crippen LogP contribution in [-0.2, 0) is 14.3 Å². The summed E-state index contributed by atoms with van der Waals surface area (Å²) in [5.41, 5.74) is -0.685. The summed E-state index contributed by atoms with van der Waals surface area (Å²) >= 11 is 0. The highest BCUT2D eigenvalue weighted by molar-refractivity contribution is 5.88. The number of ether oxygens (including phenoxy) is 1. The number of nitrogens with zero attached hydrogens (tertiary/aromatic N) is 1. The van der Waals surface area contributed by atoms with Crippen molar-refractivity contribution < 1.29 is 24.5 Å². The number of nitrogens with one attached hydrogen (secondary N) is 1. The molecule has 0 aromatic carbocycles. The van der Waals surface area contributed by atoms with Crippen LogP contribution in [0.2, 0.25) is 0 Å². The topological polar surface area (TPSA) is 112 Å². The monoisotopic (exact) mass is 512 g/mol. The van der Waals surface area contributed by atoms with Gasteiger partial charge in [0.2, 0.25) is 5.91 Å². The highest BCUT2D eigenvalue weighted by Gasteiger charge is 2.52. The van der Waals surface area contributed by atoms with E-state index in [1.807, 2.05) is 37.3 Å². The van der Waals surface area contributed by atoms with E-state index in [-0.39, 0.29) is 41.8 Å². The first kappa shape index (κ1) is 29.2. The summed E-state index contributed by atoms with van der Waals surface area (Å²) in [4.78, 5) is 31.0. The van der Waals surface area contributed by atoms with E-state index < -0.39 is 23.5 Å². The zero-order valence-electron chi connectivity index (χ0n) is 22.7. The van der Waals surface area contributed by atoms with Crippen LogP contribution in [0.4, 0.5) is 0 Å². The van der Waals surface area contributed by atoms with Crippen molar-refractivity contribution >= 4 is 17.8 Å². The maximum absolute atomic E-state index is 13.6. The number of Topliss-reactive ketones (excluding diaryl/α,β-unsaturated/α-hetero) is 1. The van der Waals surface area contributed by atoms with Gasteiger partial charge in [-0.1, -0.05) is 45.4 Å². The summed E-state index contributed by atoms with van der Waals surface area (Å²) in [6.45, 7) is 11.2. The highest BCUT2D eigenvalue weighted by Crippen LogP contribution is 2.44. The van der Waals surface area contributed by atoms with Crippen molar-refractivity contribution in [1.29, 1.82) is 0 Å². The average Bonchev–Trinajstić information content (AvgIpc) is 3.50. The van der Waals surface area contributed by atoms with Gasteiger partial charge in [-0.15, -0.1) is 6.58 Å². The van der Waals surface area contributed by atoms with Gasteiger partial charge in [0.1, 0.15) is 5.78 Å². The predicted octanol–water partition coefficient (Wildman–Crippen LogP) is 4.24. The van der Waals surface area contributed by atoms with E-state index in [1.54, 1.807) is 26.1 Å². The Morgan fingerprint density at radius 2 is 2.00 bits per heavy atom. The van der Waals surface area contributed by atoms with Gasteiger partial charge in [-0.3, -0.25) is 14.6 Å². The van der Waals surface area contributed by atoms with Crippen LogP contribution in [0, 0.1) is 17.3 Å². The number of aliphatic hydroxyl groups is 2. The molecule has 0 radical (unpaired) electrons. The minimum Gasteiger partial charge on any atom is -0.392 e. The molecule has 2 fully saturated rings. The molecule has 204 valence electrons. The van der Waals surface area contributed by atoms with Crippen LogP contribution in [-0.4, -0.2) is 56.8 Å². The molecule has 0 spiro atoms. The summed E-state index contributed by atoms with van der Waals surface area (Å²) < 4.78 is 6.08. The van der Waals surface area contributed by atoms with E-state index in [2.05, 4.69) is 23.8 Å². The SMILES string of the molecule is C=CCCC1C(=O)C(C)(C)C(O)CC(=O)NC(C=Cc2ccccn2)CC2OC2(C)CCCC(C)C1O. The van der Waals surface area contributed by atoms with Crippen molar-refractivity contribution in [3.05, 3.63) is 48.8 Å². The summed E-state index contributed by atoms with van der Waals surface area (Å²) in [6, 6.07) is 5.34. The number of aliphatic hydroxyl groups excluding tert-OH is 2. The Kier molecular flexibility index (Phi) is 9.84. The van der Waals surface area contributed by atoms with Crippen molar-refractivity contribution in [2.75, 3.05) is 0 Å². The lowest BCUT2D eigenvalue weighted by Gasteiger charge is -2.36. The predicted molar refractivity (Wildman–Crippen MR) is 144 cm³/mol. The molecule has 1 aromatic heterocycles. The van der Waals surface area contributed by atoms with Crippen molar-refractivity contribution in [2.24, 2.45) is 17.3 Å². The molecule has 2 saturated heterocycles. The molecule has 7 unspecified atom stereocenters. The van der Waals surface area contributed by atoms with Crippen LogP contribution in [0.3, 0.4) is 0 Å². The number of hydrogen-bond acceptors (Lipinski definition) is 6. The van der Waals surface area contributed by atoms with E-state index in [9.17, 15) is 19.8 Å². The number of carbonyl (C=O) groups excluding carboxylic acids is 2. The first-order valence-electron chi connectivity index (χ1n) is 13.6. The lowest BCUT2D eigenvalue weighted by Crippen LogP contribution is -2.48. The Labute approximate surface area is 221 Å². The number of aromatic nitrogens is 1. The number of pyridine rings is 1. The Morgan fingerprint density at radius 3 is 2.68 bits per heavy atom. The lowest BCUT2D eigenvalue weighted by atomic mass is 9.71. The Bertz CT molecular complexity index is 962. The lowest BCUT2D eigenvalue weighted by molar-refractivity contribution is -0.144. The second-order valence-corrected chi connectivity index (χ2v) is 11.6. The zero-order chi connectivity index (χ0) is 27.2. The fourth-order valence-electron chi connectivity index (χ4n) is 5.35. The normalized spacial score (nSPS) is 35.5.